The van der Waals surface area contributed by atoms with E-state index in [0.717, 1.165) is 0 Å². The molecule has 1 aromatic heterocycles. The molecule has 53 heavy (non-hydrogen) atoms. The summed E-state index contributed by atoms with van der Waals surface area (Å²) in [6.45, 7) is 46.5. The molecule has 0 atom stereocenters. The first-order valence-electron chi connectivity index (χ1n) is 19.1. The summed E-state index contributed by atoms with van der Waals surface area (Å²) in [5, 5.41) is 2.87. The summed E-state index contributed by atoms with van der Waals surface area (Å²) >= 11 is 1.97. The molecule has 0 saturated carbocycles. The van der Waals surface area contributed by atoms with Crippen molar-refractivity contribution in [2.75, 3.05) is 4.90 Å². The van der Waals surface area contributed by atoms with Crippen LogP contribution in [0, 0.1) is 145 Å². The van der Waals surface area contributed by atoms with Gasteiger partial charge in [0, 0.05) is 4.70 Å². The summed E-state index contributed by atoms with van der Waals surface area (Å²) in [5.74, 6) is 0. The minimum Gasteiger partial charge on any atom is -0.309 e. The molecule has 0 radical (unpaired) electrons. The normalized spacial score (nSPS) is 11.6. The fourth-order valence-electron chi connectivity index (χ4n) is 9.41. The molecule has 0 N–H and O–H groups in total. The maximum absolute atomic E-state index is 3.66. The van der Waals surface area contributed by atoms with E-state index in [4.69, 9.17) is 0 Å². The fourth-order valence-corrected chi connectivity index (χ4v) is 10.8. The van der Waals surface area contributed by atoms with Gasteiger partial charge in [0.2, 0.25) is 0 Å². The molecule has 0 saturated heterocycles. The molecule has 0 aliphatic carbocycles. The van der Waals surface area contributed by atoms with Gasteiger partial charge in [-0.15, -0.1) is 16.5 Å². The molecule has 1 heterocycles. The summed E-state index contributed by atoms with van der Waals surface area (Å²) < 4.78 is 2.81. The molecular weight excluding hydrogens is 914 g/mol. The van der Waals surface area contributed by atoms with Crippen molar-refractivity contribution in [1.29, 1.82) is 0 Å². The van der Waals surface area contributed by atoms with Crippen LogP contribution in [0.3, 0.4) is 0 Å². The fraction of sp³-hybridized carbons (Fsp3) is 0.400. The number of hydrogen-bond donors (Lipinski definition) is 0. The van der Waals surface area contributed by atoms with E-state index >= 15 is 0 Å². The van der Waals surface area contributed by atoms with Crippen LogP contribution in [0.2, 0.25) is 0 Å². The smallest absolute Gasteiger partial charge is 0.0526 e. The minimum atomic E-state index is 0. The second-order valence-corrected chi connectivity index (χ2v) is 17.3. The number of aryl methyl sites for hydroxylation is 5. The Labute approximate surface area is 319 Å². The monoisotopic (exact) mass is 974 g/mol. The summed E-state index contributed by atoms with van der Waals surface area (Å²) in [5.41, 5.74) is 34.2. The predicted octanol–water partition coefficient (Wildman–Crippen LogP) is 15.2. The van der Waals surface area contributed by atoms with Crippen molar-refractivity contribution in [2.24, 2.45) is 0 Å². The van der Waals surface area contributed by atoms with Crippen molar-refractivity contribution >= 4 is 48.6 Å². The van der Waals surface area contributed by atoms with E-state index in [1.54, 1.807) is 0 Å². The first-order chi connectivity index (χ1) is 24.2. The van der Waals surface area contributed by atoms with E-state index in [2.05, 4.69) is 149 Å². The molecule has 274 valence electrons. The number of fused-ring (bicyclic) bond motifs is 3. The van der Waals surface area contributed by atoms with Gasteiger partial charge in [0.05, 0.1) is 17.1 Å². The van der Waals surface area contributed by atoms with Gasteiger partial charge in [0.1, 0.15) is 0 Å². The molecule has 5 aromatic carbocycles. The number of nitrogens with zero attached hydrogens (tertiary/aromatic N) is 1. The Kier molecular flexibility index (Phi) is 9.80. The predicted molar refractivity (Wildman–Crippen MR) is 233 cm³/mol. The van der Waals surface area contributed by atoms with Crippen molar-refractivity contribution in [1.82, 2.24) is 0 Å². The Morgan fingerprint density at radius 3 is 1.00 bits per heavy atom. The number of hydrogen-bond acceptors (Lipinski definition) is 2. The van der Waals surface area contributed by atoms with Crippen molar-refractivity contribution in [2.45, 2.75) is 138 Å². The topological polar surface area (TPSA) is 3.24 Å². The third kappa shape index (κ3) is 5.25. The van der Waals surface area contributed by atoms with Gasteiger partial charge in [0.25, 0.3) is 0 Å². The summed E-state index contributed by atoms with van der Waals surface area (Å²) in [7, 11) is 0. The zero-order valence-corrected chi connectivity index (χ0v) is 43.8. The molecule has 0 bridgehead atoms. The van der Waals surface area contributed by atoms with Crippen molar-refractivity contribution in [3.63, 3.8) is 0 Å². The number of thiophene rings is 1. The SMILES string of the molecule is Cc1[c-]c(C)c2sc3c(C)c(-c4c(C)c(C)c(N(c5c(C)c(C)c(C)c(C)c5C)c5c(C)c(C)c(C)c(C)c5C)c(C)c4C)c(C)c(C)c3c2c1C.[Rf]. The van der Waals surface area contributed by atoms with Crippen LogP contribution in [0.1, 0.15) is 111 Å². The van der Waals surface area contributed by atoms with Gasteiger partial charge in [-0.05, 0) is 229 Å². The molecule has 3 heteroatoms. The molecule has 0 aliphatic rings. The molecule has 0 amide bonds. The van der Waals surface area contributed by atoms with Gasteiger partial charge >= 0.3 is 0 Å². The van der Waals surface area contributed by atoms with E-state index in [-0.39, 0.29) is 0 Å². The molecule has 0 fully saturated rings. The molecule has 1 nitrogen and oxygen atoms in total. The number of benzene rings is 5. The van der Waals surface area contributed by atoms with E-state index in [9.17, 15) is 0 Å². The Bertz CT molecular complexity index is 2400. The quantitative estimate of drug-likeness (QED) is 0.159. The van der Waals surface area contributed by atoms with Gasteiger partial charge in [-0.1, -0.05) is 25.5 Å². The molecule has 0 aliphatic heterocycles. The molecule has 6 aromatic rings. The second kappa shape index (κ2) is 13.2. The molecule has 0 unspecified atom stereocenters. The van der Waals surface area contributed by atoms with Crippen molar-refractivity contribution < 1.29 is 0 Å². The van der Waals surface area contributed by atoms with E-state index < -0.39 is 0 Å². The van der Waals surface area contributed by atoms with Crippen LogP contribution in [0.15, 0.2) is 0 Å². The van der Waals surface area contributed by atoms with Crippen LogP contribution in [0.25, 0.3) is 31.3 Å². The molecule has 0 spiro atoms. The second-order valence-electron chi connectivity index (χ2n) is 16.3. The van der Waals surface area contributed by atoms with Crippen LogP contribution in [-0.4, -0.2) is 0 Å². The zero-order valence-electron chi connectivity index (χ0n) is 36.6. The van der Waals surface area contributed by atoms with Gasteiger partial charge in [-0.25, -0.2) is 11.3 Å². The van der Waals surface area contributed by atoms with Gasteiger partial charge in [0.15, 0.2) is 0 Å². The average molecular weight is 974 g/mol. The third-order valence-corrected chi connectivity index (χ3v) is 15.4. The zero-order chi connectivity index (χ0) is 38.7. The van der Waals surface area contributed by atoms with Crippen LogP contribution >= 0.6 is 11.3 Å². The summed E-state index contributed by atoms with van der Waals surface area (Å²) in [6, 6.07) is 3.66. The van der Waals surface area contributed by atoms with Gasteiger partial charge < -0.3 is 4.90 Å². The van der Waals surface area contributed by atoms with E-state index in [0.29, 0.717) is 0 Å². The maximum atomic E-state index is 3.66. The Hall–Kier alpha value is -4.88. The summed E-state index contributed by atoms with van der Waals surface area (Å²) in [6.07, 6.45) is 0. The molecule has 6 rings (SSSR count). The molecular formula is C50H60NRfS-. The van der Waals surface area contributed by atoms with Gasteiger partial charge in [-0.3, -0.25) is 0 Å². The Morgan fingerprint density at radius 1 is 0.302 bits per heavy atom. The van der Waals surface area contributed by atoms with Gasteiger partial charge in [-0.2, -0.15) is 11.6 Å². The van der Waals surface area contributed by atoms with E-state index in [1.165, 1.54) is 160 Å². The largest absolute Gasteiger partial charge is 0.309 e. The van der Waals surface area contributed by atoms with Crippen LogP contribution in [0.5, 0.6) is 0 Å². The number of rotatable bonds is 4. The van der Waals surface area contributed by atoms with Crippen molar-refractivity contribution in [3.8, 4) is 11.1 Å². The summed E-state index contributed by atoms with van der Waals surface area (Å²) in [4.78, 5) is 2.69. The van der Waals surface area contributed by atoms with Crippen LogP contribution < -0.4 is 4.90 Å². The first kappa shape index (κ1) is 39.3. The van der Waals surface area contributed by atoms with Crippen LogP contribution in [0.4, 0.5) is 17.1 Å². The van der Waals surface area contributed by atoms with E-state index in [1.807, 2.05) is 11.3 Å². The Balaban J connectivity index is 0.00000541. The third-order valence-electron chi connectivity index (χ3n) is 14.0. The Morgan fingerprint density at radius 2 is 0.604 bits per heavy atom. The maximum Gasteiger partial charge on any atom is 0.0526 e. The number of anilines is 3. The first-order valence-corrected chi connectivity index (χ1v) is 19.9. The standard InChI is InChI=1S/C50H60NS.Rf/c1-22-21-23(2)49-44(24(22)3)45-32(11)31(10)43(41(20)50(45)52-49)42-33(12)39(18)48(40(19)34(42)13)51(46-35(14)27(6)25(4)28(7)36(46)15)47-37(16)29(8)26(5)30(9)38(47)17;/h1-20H3;/q-1;. The van der Waals surface area contributed by atoms with Crippen molar-refractivity contribution in [3.05, 3.63) is 117 Å². The minimum absolute atomic E-state index is 0. The van der Waals surface area contributed by atoms with Crippen LogP contribution in [-0.2, 0) is 0 Å². The average Bonchev–Trinajstić information content (AvgIpc) is 3.52.